The second-order valence-corrected chi connectivity index (χ2v) is 6.08. The maximum absolute atomic E-state index is 12.4. The minimum atomic E-state index is 0.0560. The maximum atomic E-state index is 12.4. The van der Waals surface area contributed by atoms with E-state index in [4.69, 9.17) is 11.6 Å². The lowest BCUT2D eigenvalue weighted by Crippen LogP contribution is -2.33. The Kier molecular flexibility index (Phi) is 3.93. The van der Waals surface area contributed by atoms with Crippen LogP contribution in [0.3, 0.4) is 0 Å². The summed E-state index contributed by atoms with van der Waals surface area (Å²) in [5.41, 5.74) is 1.10. The standard InChI is InChI=1S/C13H13ClN4OS/c14-11-3-1-10(2-4-11)13-18(5-6-20-13)12(19)7-17-9-15-8-16-17/h1-4,8-9,13H,5-7H2. The highest BCUT2D eigenvalue weighted by molar-refractivity contribution is 7.99. The molecule has 2 heterocycles. The number of thioether (sulfide) groups is 1. The number of hydrogen-bond acceptors (Lipinski definition) is 4. The summed E-state index contributed by atoms with van der Waals surface area (Å²) in [4.78, 5) is 18.1. The molecule has 1 unspecified atom stereocenters. The fraction of sp³-hybridized carbons (Fsp3) is 0.308. The maximum Gasteiger partial charge on any atom is 0.245 e. The summed E-state index contributed by atoms with van der Waals surface area (Å²) in [6.45, 7) is 0.982. The van der Waals surface area contributed by atoms with E-state index in [9.17, 15) is 4.79 Å². The minimum Gasteiger partial charge on any atom is -0.324 e. The molecule has 0 aliphatic carbocycles. The van der Waals surface area contributed by atoms with Gasteiger partial charge in [0.1, 0.15) is 24.6 Å². The zero-order chi connectivity index (χ0) is 13.9. The Labute approximate surface area is 125 Å². The molecule has 0 saturated carbocycles. The van der Waals surface area contributed by atoms with E-state index in [2.05, 4.69) is 10.1 Å². The summed E-state index contributed by atoms with van der Waals surface area (Å²) in [6.07, 6.45) is 2.99. The van der Waals surface area contributed by atoms with Crippen LogP contribution in [0.4, 0.5) is 0 Å². The number of rotatable bonds is 3. The van der Waals surface area contributed by atoms with Gasteiger partial charge in [-0.3, -0.25) is 4.79 Å². The van der Waals surface area contributed by atoms with Gasteiger partial charge in [-0.1, -0.05) is 23.7 Å². The predicted molar refractivity (Wildman–Crippen MR) is 78.4 cm³/mol. The van der Waals surface area contributed by atoms with E-state index in [1.165, 1.54) is 6.33 Å². The van der Waals surface area contributed by atoms with Crippen LogP contribution in [0.2, 0.25) is 5.02 Å². The van der Waals surface area contributed by atoms with Gasteiger partial charge in [-0.25, -0.2) is 9.67 Å². The third kappa shape index (κ3) is 2.81. The number of hydrogen-bond donors (Lipinski definition) is 0. The lowest BCUT2D eigenvalue weighted by atomic mass is 10.2. The van der Waals surface area contributed by atoms with Crippen LogP contribution >= 0.6 is 23.4 Å². The van der Waals surface area contributed by atoms with E-state index in [1.54, 1.807) is 22.8 Å². The first-order valence-electron chi connectivity index (χ1n) is 6.23. The molecule has 0 spiro atoms. The highest BCUT2D eigenvalue weighted by Gasteiger charge is 2.30. The topological polar surface area (TPSA) is 51.0 Å². The van der Waals surface area contributed by atoms with Gasteiger partial charge in [-0.2, -0.15) is 5.10 Å². The van der Waals surface area contributed by atoms with Gasteiger partial charge in [0.2, 0.25) is 5.91 Å². The van der Waals surface area contributed by atoms with Gasteiger partial charge in [0, 0.05) is 17.3 Å². The van der Waals surface area contributed by atoms with Crippen molar-refractivity contribution in [3.05, 3.63) is 47.5 Å². The smallest absolute Gasteiger partial charge is 0.245 e. The highest BCUT2D eigenvalue weighted by atomic mass is 35.5. The number of carbonyl (C=O) groups is 1. The van der Waals surface area contributed by atoms with Crippen LogP contribution in [0.1, 0.15) is 10.9 Å². The Balaban J connectivity index is 1.75. The minimum absolute atomic E-state index is 0.0560. The Morgan fingerprint density at radius 2 is 2.20 bits per heavy atom. The van der Waals surface area contributed by atoms with Crippen molar-refractivity contribution < 1.29 is 4.79 Å². The molecule has 104 valence electrons. The molecule has 7 heteroatoms. The van der Waals surface area contributed by atoms with Crippen molar-refractivity contribution in [3.8, 4) is 0 Å². The largest absolute Gasteiger partial charge is 0.324 e. The van der Waals surface area contributed by atoms with E-state index >= 15 is 0 Å². The first-order valence-corrected chi connectivity index (χ1v) is 7.65. The molecule has 1 fully saturated rings. The van der Waals surface area contributed by atoms with Crippen molar-refractivity contribution in [2.24, 2.45) is 0 Å². The lowest BCUT2D eigenvalue weighted by molar-refractivity contribution is -0.132. The number of halogens is 1. The summed E-state index contributed by atoms with van der Waals surface area (Å²) < 4.78 is 1.55. The van der Waals surface area contributed by atoms with E-state index in [1.807, 2.05) is 29.2 Å². The van der Waals surface area contributed by atoms with Crippen molar-refractivity contribution >= 4 is 29.3 Å². The summed E-state index contributed by atoms with van der Waals surface area (Å²) in [5, 5.41) is 4.74. The summed E-state index contributed by atoms with van der Waals surface area (Å²) in [7, 11) is 0. The Morgan fingerprint density at radius 3 is 2.90 bits per heavy atom. The van der Waals surface area contributed by atoms with Crippen LogP contribution in [-0.2, 0) is 11.3 Å². The normalized spacial score (nSPS) is 18.4. The molecule has 0 bridgehead atoms. The van der Waals surface area contributed by atoms with Gasteiger partial charge in [0.05, 0.1) is 0 Å². The zero-order valence-corrected chi connectivity index (χ0v) is 12.2. The molecule has 1 amide bonds. The number of amides is 1. The predicted octanol–water partition coefficient (Wildman–Crippen LogP) is 2.21. The van der Waals surface area contributed by atoms with E-state index in [0.717, 1.165) is 17.9 Å². The van der Waals surface area contributed by atoms with Crippen LogP contribution in [0.25, 0.3) is 0 Å². The van der Waals surface area contributed by atoms with Gasteiger partial charge in [0.15, 0.2) is 0 Å². The molecule has 1 aromatic carbocycles. The first-order chi connectivity index (χ1) is 9.74. The second-order valence-electron chi connectivity index (χ2n) is 4.45. The van der Waals surface area contributed by atoms with E-state index in [0.29, 0.717) is 5.02 Å². The fourth-order valence-corrected chi connectivity index (χ4v) is 3.58. The van der Waals surface area contributed by atoms with Gasteiger partial charge < -0.3 is 4.90 Å². The zero-order valence-electron chi connectivity index (χ0n) is 10.6. The van der Waals surface area contributed by atoms with Crippen molar-refractivity contribution in [1.82, 2.24) is 19.7 Å². The highest BCUT2D eigenvalue weighted by Crippen LogP contribution is 2.38. The Bertz CT molecular complexity index is 587. The van der Waals surface area contributed by atoms with Crippen LogP contribution in [0.15, 0.2) is 36.9 Å². The SMILES string of the molecule is O=C(Cn1cncn1)N1CCSC1c1ccc(Cl)cc1. The molecular formula is C13H13ClN4OS. The van der Waals surface area contributed by atoms with Crippen LogP contribution in [0.5, 0.6) is 0 Å². The molecule has 1 atom stereocenters. The number of benzene rings is 1. The molecule has 1 aliphatic rings. The Hall–Kier alpha value is -1.53. The lowest BCUT2D eigenvalue weighted by Gasteiger charge is -2.24. The quantitative estimate of drug-likeness (QED) is 0.872. The van der Waals surface area contributed by atoms with E-state index in [-0.39, 0.29) is 17.8 Å². The third-order valence-corrected chi connectivity index (χ3v) is 4.64. The molecule has 5 nitrogen and oxygen atoms in total. The summed E-state index contributed by atoms with van der Waals surface area (Å²) >= 11 is 7.67. The summed E-state index contributed by atoms with van der Waals surface area (Å²) in [6, 6.07) is 7.66. The van der Waals surface area contributed by atoms with Crippen LogP contribution in [-0.4, -0.2) is 37.9 Å². The summed E-state index contributed by atoms with van der Waals surface area (Å²) in [5.74, 6) is 0.997. The van der Waals surface area contributed by atoms with Gasteiger partial charge in [-0.15, -0.1) is 11.8 Å². The number of carbonyl (C=O) groups excluding carboxylic acids is 1. The average Bonchev–Trinajstić information content (AvgIpc) is 3.10. The van der Waals surface area contributed by atoms with Crippen LogP contribution in [0, 0.1) is 0 Å². The molecule has 0 N–H and O–H groups in total. The molecule has 2 aromatic rings. The Morgan fingerprint density at radius 1 is 1.40 bits per heavy atom. The van der Waals surface area contributed by atoms with Gasteiger partial charge >= 0.3 is 0 Å². The third-order valence-electron chi connectivity index (χ3n) is 3.13. The molecule has 3 rings (SSSR count). The van der Waals surface area contributed by atoms with Gasteiger partial charge in [0.25, 0.3) is 0 Å². The molecular weight excluding hydrogens is 296 g/mol. The van der Waals surface area contributed by atoms with Crippen molar-refractivity contribution in [1.29, 1.82) is 0 Å². The van der Waals surface area contributed by atoms with Crippen molar-refractivity contribution in [2.45, 2.75) is 11.9 Å². The number of aromatic nitrogens is 3. The first kappa shape index (κ1) is 13.5. The van der Waals surface area contributed by atoms with Crippen LogP contribution < -0.4 is 0 Å². The molecule has 1 saturated heterocycles. The fourth-order valence-electron chi connectivity index (χ4n) is 2.17. The van der Waals surface area contributed by atoms with E-state index < -0.39 is 0 Å². The number of nitrogens with zero attached hydrogens (tertiary/aromatic N) is 4. The van der Waals surface area contributed by atoms with Crippen molar-refractivity contribution in [2.75, 3.05) is 12.3 Å². The van der Waals surface area contributed by atoms with Crippen molar-refractivity contribution in [3.63, 3.8) is 0 Å². The molecule has 20 heavy (non-hydrogen) atoms. The van der Waals surface area contributed by atoms with Gasteiger partial charge in [-0.05, 0) is 17.7 Å². The average molecular weight is 309 g/mol. The molecule has 1 aromatic heterocycles. The second kappa shape index (κ2) is 5.85. The monoisotopic (exact) mass is 308 g/mol. The molecule has 0 radical (unpaired) electrons. The molecule has 1 aliphatic heterocycles.